The lowest BCUT2D eigenvalue weighted by Crippen LogP contribution is -2.49. The number of amides is 1. The van der Waals surface area contributed by atoms with Crippen LogP contribution in [-0.2, 0) is 7.05 Å². The summed E-state index contributed by atoms with van der Waals surface area (Å²) in [5, 5.41) is 19.2. The number of piperidine rings is 1. The molecule has 164 valence electrons. The number of fused-ring (bicyclic) bond motifs is 1. The van der Waals surface area contributed by atoms with Gasteiger partial charge >= 0.3 is 0 Å². The number of phenolic OH excluding ortho intramolecular Hbond substituents is 1. The molecule has 7 nitrogen and oxygen atoms in total. The molecule has 1 saturated heterocycles. The number of nitrogens with zero attached hydrogens (tertiary/aromatic N) is 4. The molecule has 9 heteroatoms. The molecule has 1 atom stereocenters. The molecule has 0 saturated carbocycles. The summed E-state index contributed by atoms with van der Waals surface area (Å²) in [6.07, 6.45) is 7.15. The van der Waals surface area contributed by atoms with Crippen LogP contribution in [0, 0.1) is 0 Å². The van der Waals surface area contributed by atoms with Gasteiger partial charge in [0, 0.05) is 52.8 Å². The van der Waals surface area contributed by atoms with Gasteiger partial charge in [0.05, 0.1) is 16.0 Å². The van der Waals surface area contributed by atoms with E-state index in [1.165, 1.54) is 6.07 Å². The fourth-order valence-electron chi connectivity index (χ4n) is 4.21. The van der Waals surface area contributed by atoms with Gasteiger partial charge < -0.3 is 10.4 Å². The van der Waals surface area contributed by atoms with Crippen LogP contribution in [0.5, 0.6) is 5.75 Å². The highest BCUT2D eigenvalue weighted by Crippen LogP contribution is 2.37. The molecule has 4 heterocycles. The molecule has 0 radical (unpaired) electrons. The number of anilines is 1. The summed E-state index contributed by atoms with van der Waals surface area (Å²) in [6, 6.07) is 9.03. The summed E-state index contributed by atoms with van der Waals surface area (Å²) >= 11 is 5.18. The fraction of sp³-hybridized carbons (Fsp3) is 0.261. The second-order valence-corrected chi connectivity index (χ2v) is 10.4. The standard InChI is InChI=1S/C23H22BrN5O2S/c1-28-13-15(11-27-28)17-5-4-14(9-19(17)30)23(31)29(16-3-2-7-25-12-16)22-18-10-21(24)32-20(18)6-8-26-22/h4-6,8-11,13,16,25,30H,2-3,7,12H2,1H3/t16-/m1/s1. The first kappa shape index (κ1) is 21.1. The van der Waals surface area contributed by atoms with Gasteiger partial charge in [-0.1, -0.05) is 0 Å². The Kier molecular flexibility index (Phi) is 5.71. The monoisotopic (exact) mass is 511 g/mol. The van der Waals surface area contributed by atoms with E-state index in [1.54, 1.807) is 45.4 Å². The number of rotatable bonds is 4. The Balaban J connectivity index is 1.57. The summed E-state index contributed by atoms with van der Waals surface area (Å²) in [7, 11) is 1.82. The number of halogens is 1. The molecule has 0 bridgehead atoms. The molecule has 1 fully saturated rings. The molecule has 4 aromatic rings. The van der Waals surface area contributed by atoms with Crippen molar-refractivity contribution in [2.24, 2.45) is 7.05 Å². The lowest BCUT2D eigenvalue weighted by Gasteiger charge is -2.34. The zero-order valence-corrected chi connectivity index (χ0v) is 19.9. The third-order valence-electron chi connectivity index (χ3n) is 5.74. The molecule has 0 aliphatic carbocycles. The van der Waals surface area contributed by atoms with Gasteiger partial charge in [0.25, 0.3) is 5.91 Å². The molecule has 0 spiro atoms. The number of benzene rings is 1. The molecule has 3 aromatic heterocycles. The summed E-state index contributed by atoms with van der Waals surface area (Å²) in [5.74, 6) is 0.531. The second kappa shape index (κ2) is 8.65. The summed E-state index contributed by atoms with van der Waals surface area (Å²) in [6.45, 7) is 1.65. The van der Waals surface area contributed by atoms with Crippen LogP contribution in [0.25, 0.3) is 21.2 Å². The molecule has 1 aliphatic heterocycles. The van der Waals surface area contributed by atoms with Gasteiger partial charge in [0.2, 0.25) is 0 Å². The van der Waals surface area contributed by atoms with Crippen LogP contribution >= 0.6 is 27.3 Å². The van der Waals surface area contributed by atoms with Crippen molar-refractivity contribution in [2.45, 2.75) is 18.9 Å². The van der Waals surface area contributed by atoms with Crippen LogP contribution in [0.1, 0.15) is 23.2 Å². The maximum absolute atomic E-state index is 13.8. The minimum absolute atomic E-state index is 0.0202. The number of nitrogens with one attached hydrogen (secondary N) is 1. The van der Waals surface area contributed by atoms with E-state index in [9.17, 15) is 9.90 Å². The zero-order chi connectivity index (χ0) is 22.2. The smallest absolute Gasteiger partial charge is 0.259 e. The predicted molar refractivity (Wildman–Crippen MR) is 130 cm³/mol. The number of aromatic hydroxyl groups is 1. The van der Waals surface area contributed by atoms with Crippen LogP contribution in [0.3, 0.4) is 0 Å². The minimum atomic E-state index is -0.172. The maximum atomic E-state index is 13.8. The Morgan fingerprint density at radius 1 is 1.34 bits per heavy atom. The predicted octanol–water partition coefficient (Wildman–Crippen LogP) is 4.56. The first-order chi connectivity index (χ1) is 15.5. The SMILES string of the molecule is Cn1cc(-c2ccc(C(=O)N(c3nccc4sc(Br)cc34)[C@@H]3CCCNC3)cc2O)cn1. The van der Waals surface area contributed by atoms with Gasteiger partial charge in [-0.3, -0.25) is 14.4 Å². The van der Waals surface area contributed by atoms with Gasteiger partial charge in [-0.15, -0.1) is 11.3 Å². The van der Waals surface area contributed by atoms with Crippen molar-refractivity contribution in [3.63, 3.8) is 0 Å². The molecule has 1 aliphatic rings. The first-order valence-electron chi connectivity index (χ1n) is 10.4. The van der Waals surface area contributed by atoms with Crippen molar-refractivity contribution < 1.29 is 9.90 Å². The number of aromatic nitrogens is 3. The van der Waals surface area contributed by atoms with Crippen LogP contribution in [-0.4, -0.2) is 44.9 Å². The van der Waals surface area contributed by atoms with Crippen molar-refractivity contribution in [1.82, 2.24) is 20.1 Å². The number of carbonyl (C=O) groups is 1. The van der Waals surface area contributed by atoms with Crippen molar-refractivity contribution in [2.75, 3.05) is 18.0 Å². The fourth-order valence-corrected chi connectivity index (χ4v) is 5.73. The summed E-state index contributed by atoms with van der Waals surface area (Å²) in [4.78, 5) is 20.2. The third-order valence-corrected chi connectivity index (χ3v) is 7.34. The largest absolute Gasteiger partial charge is 0.507 e. The average Bonchev–Trinajstić information content (AvgIpc) is 3.39. The zero-order valence-electron chi connectivity index (χ0n) is 17.5. The van der Waals surface area contributed by atoms with Crippen molar-refractivity contribution in [1.29, 1.82) is 0 Å². The third kappa shape index (κ3) is 3.92. The Bertz CT molecular complexity index is 1290. The van der Waals surface area contributed by atoms with E-state index in [2.05, 4.69) is 31.3 Å². The van der Waals surface area contributed by atoms with E-state index >= 15 is 0 Å². The molecular weight excluding hydrogens is 490 g/mol. The van der Waals surface area contributed by atoms with Crippen molar-refractivity contribution in [3.8, 4) is 16.9 Å². The molecule has 0 unspecified atom stereocenters. The highest BCUT2D eigenvalue weighted by molar-refractivity contribution is 9.11. The number of carbonyl (C=O) groups excluding carboxylic acids is 1. The quantitative estimate of drug-likeness (QED) is 0.419. The molecule has 1 aromatic carbocycles. The van der Waals surface area contributed by atoms with E-state index in [0.717, 1.165) is 38.8 Å². The van der Waals surface area contributed by atoms with E-state index in [-0.39, 0.29) is 17.7 Å². The summed E-state index contributed by atoms with van der Waals surface area (Å²) < 4.78 is 3.74. The lowest BCUT2D eigenvalue weighted by molar-refractivity contribution is 0.0971. The summed E-state index contributed by atoms with van der Waals surface area (Å²) in [5.41, 5.74) is 1.86. The van der Waals surface area contributed by atoms with E-state index < -0.39 is 0 Å². The topological polar surface area (TPSA) is 83.3 Å². The number of aryl methyl sites for hydroxylation is 1. The van der Waals surface area contributed by atoms with Crippen LogP contribution in [0.2, 0.25) is 0 Å². The number of phenols is 1. The Labute approximate surface area is 197 Å². The molecule has 5 rings (SSSR count). The van der Waals surface area contributed by atoms with Gasteiger partial charge in [0.1, 0.15) is 11.6 Å². The Morgan fingerprint density at radius 3 is 2.94 bits per heavy atom. The molecule has 1 amide bonds. The van der Waals surface area contributed by atoms with Gasteiger partial charge in [0.15, 0.2) is 0 Å². The number of hydrogen-bond donors (Lipinski definition) is 2. The van der Waals surface area contributed by atoms with Crippen LogP contribution in [0.4, 0.5) is 5.82 Å². The molecular formula is C23H22BrN5O2S. The highest BCUT2D eigenvalue weighted by Gasteiger charge is 2.30. The van der Waals surface area contributed by atoms with Crippen LogP contribution < -0.4 is 10.2 Å². The van der Waals surface area contributed by atoms with E-state index in [0.29, 0.717) is 23.5 Å². The van der Waals surface area contributed by atoms with Gasteiger partial charge in [-0.05, 0) is 65.6 Å². The second-order valence-electron chi connectivity index (χ2n) is 7.91. The molecule has 2 N–H and O–H groups in total. The van der Waals surface area contributed by atoms with Gasteiger partial charge in [-0.2, -0.15) is 5.10 Å². The number of thiophene rings is 1. The average molecular weight is 512 g/mol. The number of pyridine rings is 1. The van der Waals surface area contributed by atoms with Crippen LogP contribution in [0.15, 0.2) is 52.7 Å². The Hall–Kier alpha value is -2.75. The first-order valence-corrected chi connectivity index (χ1v) is 12.0. The maximum Gasteiger partial charge on any atom is 0.259 e. The van der Waals surface area contributed by atoms with E-state index in [1.807, 2.05) is 25.4 Å². The lowest BCUT2D eigenvalue weighted by atomic mass is 10.0. The van der Waals surface area contributed by atoms with E-state index in [4.69, 9.17) is 0 Å². The minimum Gasteiger partial charge on any atom is -0.507 e. The van der Waals surface area contributed by atoms with Crippen molar-refractivity contribution in [3.05, 3.63) is 58.3 Å². The normalized spacial score (nSPS) is 16.4. The molecule has 32 heavy (non-hydrogen) atoms. The van der Waals surface area contributed by atoms with Crippen molar-refractivity contribution >= 4 is 49.1 Å². The van der Waals surface area contributed by atoms with Gasteiger partial charge in [-0.25, -0.2) is 4.98 Å². The Morgan fingerprint density at radius 2 is 2.22 bits per heavy atom. The highest BCUT2D eigenvalue weighted by atomic mass is 79.9. The number of hydrogen-bond acceptors (Lipinski definition) is 6.